The highest BCUT2D eigenvalue weighted by atomic mass is 35.5. The zero-order chi connectivity index (χ0) is 19.7. The fourth-order valence-corrected chi connectivity index (χ4v) is 3.54. The molecule has 28 heavy (non-hydrogen) atoms. The number of nitro benzene ring substituents is 1. The number of hydrogen-bond acceptors (Lipinski definition) is 6. The number of rotatable bonds is 5. The van der Waals surface area contributed by atoms with Crippen molar-refractivity contribution < 1.29 is 4.92 Å². The maximum absolute atomic E-state index is 12.4. The maximum Gasteiger partial charge on any atom is 0.269 e. The molecule has 4 aromatic rings. The molecule has 0 radical (unpaired) electrons. The number of aromatic amines is 1. The molecule has 0 saturated heterocycles. The Kier molecular flexibility index (Phi) is 4.84. The van der Waals surface area contributed by atoms with Crippen LogP contribution < -0.4 is 5.56 Å². The standard InChI is InChI=1S/C18H12ClN5O3S/c19-12-3-1-11(2-4-12)10-28-18-21-16-15(17(25)22-18)9-20-23(16)13-5-7-14(8-6-13)24(26)27/h1-9H,10H2,(H,21,22,25). The highest BCUT2D eigenvalue weighted by Gasteiger charge is 2.13. The smallest absolute Gasteiger partial charge is 0.269 e. The number of benzene rings is 2. The quantitative estimate of drug-likeness (QED) is 0.229. The SMILES string of the molecule is O=c1[nH]c(SCc2ccc(Cl)cc2)nc2c1cnn2-c1ccc([N+](=O)[O-])cc1. The summed E-state index contributed by atoms with van der Waals surface area (Å²) in [4.78, 5) is 30.0. The Morgan fingerprint density at radius 2 is 1.86 bits per heavy atom. The average Bonchev–Trinajstić information content (AvgIpc) is 3.12. The lowest BCUT2D eigenvalue weighted by molar-refractivity contribution is -0.384. The third kappa shape index (κ3) is 3.62. The summed E-state index contributed by atoms with van der Waals surface area (Å²) in [7, 11) is 0. The summed E-state index contributed by atoms with van der Waals surface area (Å²) in [5.74, 6) is 0.608. The van der Waals surface area contributed by atoms with Crippen molar-refractivity contribution in [1.82, 2.24) is 19.7 Å². The molecule has 140 valence electrons. The molecule has 10 heteroatoms. The number of H-pyrrole nitrogens is 1. The Balaban J connectivity index is 1.67. The fraction of sp³-hybridized carbons (Fsp3) is 0.0556. The zero-order valence-corrected chi connectivity index (χ0v) is 15.8. The van der Waals surface area contributed by atoms with Gasteiger partial charge in [0.05, 0.1) is 16.8 Å². The van der Waals surface area contributed by atoms with Gasteiger partial charge in [0.25, 0.3) is 11.2 Å². The molecule has 0 aliphatic carbocycles. The zero-order valence-electron chi connectivity index (χ0n) is 14.2. The molecule has 2 aromatic heterocycles. The molecule has 2 heterocycles. The summed E-state index contributed by atoms with van der Waals surface area (Å²) in [6.07, 6.45) is 1.43. The monoisotopic (exact) mass is 413 g/mol. The second-order valence-corrected chi connectivity index (χ2v) is 7.25. The van der Waals surface area contributed by atoms with Gasteiger partial charge in [-0.15, -0.1) is 0 Å². The minimum Gasteiger partial charge on any atom is -0.301 e. The van der Waals surface area contributed by atoms with Gasteiger partial charge in [-0.1, -0.05) is 35.5 Å². The van der Waals surface area contributed by atoms with E-state index in [0.29, 0.717) is 32.7 Å². The van der Waals surface area contributed by atoms with Gasteiger partial charge in [0.1, 0.15) is 5.39 Å². The summed E-state index contributed by atoms with van der Waals surface area (Å²) < 4.78 is 1.49. The molecule has 2 aromatic carbocycles. The fourth-order valence-electron chi connectivity index (χ4n) is 2.60. The molecular weight excluding hydrogens is 402 g/mol. The Hall–Kier alpha value is -3.17. The Labute approximate surface area is 167 Å². The molecular formula is C18H12ClN5O3S. The van der Waals surface area contributed by atoms with Crippen LogP contribution in [0.5, 0.6) is 0 Å². The normalized spacial score (nSPS) is 11.0. The molecule has 0 bridgehead atoms. The number of halogens is 1. The Morgan fingerprint density at radius 1 is 1.14 bits per heavy atom. The third-order valence-corrected chi connectivity index (χ3v) is 5.21. The number of nitro groups is 1. The predicted molar refractivity (Wildman–Crippen MR) is 107 cm³/mol. The van der Waals surface area contributed by atoms with Crippen LogP contribution in [0, 0.1) is 10.1 Å². The number of nitrogens with zero attached hydrogens (tertiary/aromatic N) is 4. The maximum atomic E-state index is 12.4. The van der Waals surface area contributed by atoms with Crippen LogP contribution in [0.3, 0.4) is 0 Å². The van der Waals surface area contributed by atoms with Crippen LogP contribution in [-0.4, -0.2) is 24.7 Å². The van der Waals surface area contributed by atoms with Gasteiger partial charge in [-0.05, 0) is 29.8 Å². The molecule has 0 aliphatic rings. The van der Waals surface area contributed by atoms with Crippen LogP contribution >= 0.6 is 23.4 Å². The van der Waals surface area contributed by atoms with Crippen LogP contribution in [0.4, 0.5) is 5.69 Å². The number of non-ortho nitro benzene ring substituents is 1. The molecule has 4 rings (SSSR count). The van der Waals surface area contributed by atoms with E-state index in [4.69, 9.17) is 11.6 Å². The third-order valence-electron chi connectivity index (χ3n) is 4.01. The largest absolute Gasteiger partial charge is 0.301 e. The molecule has 0 saturated carbocycles. The summed E-state index contributed by atoms with van der Waals surface area (Å²) in [5, 5.41) is 16.5. The van der Waals surface area contributed by atoms with Crippen LogP contribution in [0.15, 0.2) is 64.7 Å². The van der Waals surface area contributed by atoms with Gasteiger partial charge in [-0.3, -0.25) is 14.9 Å². The van der Waals surface area contributed by atoms with Crippen molar-refractivity contribution in [3.63, 3.8) is 0 Å². The molecule has 0 unspecified atom stereocenters. The lowest BCUT2D eigenvalue weighted by Gasteiger charge is -2.05. The van der Waals surface area contributed by atoms with E-state index < -0.39 is 4.92 Å². The number of nitrogens with one attached hydrogen (secondary N) is 1. The van der Waals surface area contributed by atoms with E-state index in [2.05, 4.69) is 15.1 Å². The summed E-state index contributed by atoms with van der Waals surface area (Å²) in [6.45, 7) is 0. The van der Waals surface area contributed by atoms with E-state index in [9.17, 15) is 14.9 Å². The van der Waals surface area contributed by atoms with E-state index in [0.717, 1.165) is 5.56 Å². The first-order valence-electron chi connectivity index (χ1n) is 8.11. The minimum atomic E-state index is -0.473. The first-order chi connectivity index (χ1) is 13.5. The van der Waals surface area contributed by atoms with Crippen LogP contribution in [-0.2, 0) is 5.75 Å². The van der Waals surface area contributed by atoms with Crippen molar-refractivity contribution >= 4 is 40.1 Å². The van der Waals surface area contributed by atoms with E-state index in [-0.39, 0.29) is 11.2 Å². The van der Waals surface area contributed by atoms with Gasteiger partial charge in [-0.25, -0.2) is 9.67 Å². The average molecular weight is 414 g/mol. The lowest BCUT2D eigenvalue weighted by atomic mass is 10.2. The Bertz CT molecular complexity index is 1220. The van der Waals surface area contributed by atoms with Crippen molar-refractivity contribution in [2.24, 2.45) is 0 Å². The number of aromatic nitrogens is 4. The van der Waals surface area contributed by atoms with E-state index in [1.165, 1.54) is 34.8 Å². The van der Waals surface area contributed by atoms with Gasteiger partial charge in [0.15, 0.2) is 10.8 Å². The van der Waals surface area contributed by atoms with Crippen LogP contribution in [0.25, 0.3) is 16.7 Å². The minimum absolute atomic E-state index is 0.0229. The second kappa shape index (κ2) is 7.45. The van der Waals surface area contributed by atoms with Crippen LogP contribution in [0.2, 0.25) is 5.02 Å². The predicted octanol–water partition coefficient (Wildman–Crippen LogP) is 3.96. The van der Waals surface area contributed by atoms with Gasteiger partial charge < -0.3 is 4.98 Å². The van der Waals surface area contributed by atoms with Crippen LogP contribution in [0.1, 0.15) is 5.56 Å². The van der Waals surface area contributed by atoms with Crippen molar-refractivity contribution in [3.8, 4) is 5.69 Å². The van der Waals surface area contributed by atoms with E-state index >= 15 is 0 Å². The first-order valence-corrected chi connectivity index (χ1v) is 9.48. The molecule has 0 aliphatic heterocycles. The van der Waals surface area contributed by atoms with Crippen molar-refractivity contribution in [2.45, 2.75) is 10.9 Å². The molecule has 1 N–H and O–H groups in total. The van der Waals surface area contributed by atoms with E-state index in [1.807, 2.05) is 12.1 Å². The summed E-state index contributed by atoms with van der Waals surface area (Å²) in [5.41, 5.74) is 1.69. The molecule has 0 amide bonds. The lowest BCUT2D eigenvalue weighted by Crippen LogP contribution is -2.09. The topological polar surface area (TPSA) is 107 Å². The van der Waals surface area contributed by atoms with E-state index in [1.54, 1.807) is 24.3 Å². The van der Waals surface area contributed by atoms with Crippen molar-refractivity contribution in [1.29, 1.82) is 0 Å². The number of thioether (sulfide) groups is 1. The highest BCUT2D eigenvalue weighted by Crippen LogP contribution is 2.23. The second-order valence-electron chi connectivity index (χ2n) is 5.85. The van der Waals surface area contributed by atoms with Crippen molar-refractivity contribution in [3.05, 3.63) is 85.8 Å². The number of fused-ring (bicyclic) bond motifs is 1. The Morgan fingerprint density at radius 3 is 2.54 bits per heavy atom. The van der Waals surface area contributed by atoms with Gasteiger partial charge in [0, 0.05) is 22.9 Å². The molecule has 0 atom stereocenters. The van der Waals surface area contributed by atoms with Gasteiger partial charge in [-0.2, -0.15) is 5.10 Å². The number of hydrogen-bond donors (Lipinski definition) is 1. The van der Waals surface area contributed by atoms with Gasteiger partial charge >= 0.3 is 0 Å². The molecule has 0 spiro atoms. The van der Waals surface area contributed by atoms with Gasteiger partial charge in [0.2, 0.25) is 0 Å². The molecule has 8 nitrogen and oxygen atoms in total. The first kappa shape index (κ1) is 18.2. The highest BCUT2D eigenvalue weighted by molar-refractivity contribution is 7.98. The summed E-state index contributed by atoms with van der Waals surface area (Å²) in [6, 6.07) is 13.3. The van der Waals surface area contributed by atoms with Crippen molar-refractivity contribution in [2.75, 3.05) is 0 Å². The molecule has 0 fully saturated rings. The summed E-state index contributed by atoms with van der Waals surface area (Å²) >= 11 is 7.27.